The van der Waals surface area contributed by atoms with Gasteiger partial charge in [0.25, 0.3) is 36.2 Å². The van der Waals surface area contributed by atoms with Crippen molar-refractivity contribution in [3.8, 4) is 44.5 Å². The third-order valence-electron chi connectivity index (χ3n) is 10.5. The average Bonchev–Trinajstić information content (AvgIpc) is 4.08. The molecule has 2 aliphatic rings. The lowest BCUT2D eigenvalue weighted by Gasteiger charge is -2.08. The average molecular weight is 1010 g/mol. The fourth-order valence-corrected chi connectivity index (χ4v) is 10.6. The van der Waals surface area contributed by atoms with Crippen molar-refractivity contribution < 1.29 is 33.7 Å². The van der Waals surface area contributed by atoms with Crippen LogP contribution in [0.5, 0.6) is 0 Å². The molecule has 3 aromatic heterocycles. The van der Waals surface area contributed by atoms with Crippen LogP contribution < -0.4 is 0 Å². The fourth-order valence-electron chi connectivity index (χ4n) is 7.56. The van der Waals surface area contributed by atoms with E-state index in [1.54, 1.807) is 72.8 Å². The summed E-state index contributed by atoms with van der Waals surface area (Å²) in [6, 6.07) is 31.3. The maximum Gasteiger partial charge on any atom is 0.261 e. The van der Waals surface area contributed by atoms with Gasteiger partial charge in [0.15, 0.2) is 0 Å². The lowest BCUT2D eigenvalue weighted by atomic mass is 10.0. The molecule has 0 unspecified atom stereocenters. The molecule has 0 saturated heterocycles. The number of nitrogens with one attached hydrogen (secondary N) is 2. The molecule has 12 nitrogen and oxygen atoms in total. The Morgan fingerprint density at radius 2 is 0.484 bits per heavy atom. The van der Waals surface area contributed by atoms with E-state index >= 15 is 0 Å². The van der Waals surface area contributed by atoms with Crippen molar-refractivity contribution in [1.29, 1.82) is 0 Å². The highest BCUT2D eigenvalue weighted by Gasteiger charge is 2.21. The van der Waals surface area contributed by atoms with E-state index in [2.05, 4.69) is 9.97 Å². The monoisotopic (exact) mass is 1010 g/mol. The number of hydrogen-bond acceptors (Lipinski definition) is 10. The van der Waals surface area contributed by atoms with Gasteiger partial charge in [-0.15, -0.1) is 0 Å². The quantitative estimate of drug-likeness (QED) is 0.138. The summed E-state index contributed by atoms with van der Waals surface area (Å²) in [6.07, 6.45) is 7.17. The van der Waals surface area contributed by atoms with Crippen LogP contribution in [0.25, 0.3) is 90.9 Å². The number of halogens is 4. The molecule has 322 valence electrons. The molecule has 5 heterocycles. The molecule has 2 N–H and O–H groups in total. The molecule has 0 atom stereocenters. The van der Waals surface area contributed by atoms with Crippen LogP contribution in [0.2, 0.25) is 0 Å². The predicted molar refractivity (Wildman–Crippen MR) is 253 cm³/mol. The van der Waals surface area contributed by atoms with Crippen LogP contribution in [0.1, 0.15) is 22.8 Å². The first kappa shape index (κ1) is 43.7. The molecule has 0 aliphatic carbocycles. The second-order valence-corrected chi connectivity index (χ2v) is 24.6. The Labute approximate surface area is 384 Å². The predicted octanol–water partition coefficient (Wildman–Crippen LogP) is 11.0. The van der Waals surface area contributed by atoms with Crippen LogP contribution in [0.15, 0.2) is 141 Å². The molecule has 0 fully saturated rings. The first-order valence-electron chi connectivity index (χ1n) is 18.6. The number of rotatable bonds is 8. The van der Waals surface area contributed by atoms with Gasteiger partial charge in [-0.05, 0) is 119 Å². The van der Waals surface area contributed by atoms with Gasteiger partial charge in [0.2, 0.25) is 0 Å². The van der Waals surface area contributed by atoms with Gasteiger partial charge in [-0.1, -0.05) is 48.5 Å². The fraction of sp³-hybridized carbons (Fsp3) is 0. The van der Waals surface area contributed by atoms with Gasteiger partial charge in [0.05, 0.1) is 42.4 Å². The number of hydrogen-bond donors (Lipinski definition) is 2. The van der Waals surface area contributed by atoms with Gasteiger partial charge < -0.3 is 9.97 Å². The second kappa shape index (κ2) is 16.2. The van der Waals surface area contributed by atoms with E-state index in [1.165, 1.54) is 48.5 Å². The van der Waals surface area contributed by atoms with Gasteiger partial charge in [0.1, 0.15) is 0 Å². The van der Waals surface area contributed by atoms with E-state index in [9.17, 15) is 33.7 Å². The molecule has 9 rings (SSSR count). The molecule has 0 saturated carbocycles. The molecule has 0 amide bonds. The largest absolute Gasteiger partial charge is 0.354 e. The Balaban J connectivity index is 1.44. The third kappa shape index (κ3) is 8.55. The minimum atomic E-state index is -4.05. The molecular weight excluding hydrogens is 983 g/mol. The van der Waals surface area contributed by atoms with E-state index < -0.39 is 36.2 Å². The van der Waals surface area contributed by atoms with Gasteiger partial charge in [-0.2, -0.15) is 0 Å². The molecule has 2 aliphatic heterocycles. The number of fused-ring (bicyclic) bond motifs is 8. The molecule has 8 bridgehead atoms. The van der Waals surface area contributed by atoms with Gasteiger partial charge in [-0.3, -0.25) is 0 Å². The number of aromatic nitrogens is 4. The van der Waals surface area contributed by atoms with Crippen LogP contribution in [-0.2, 0) is 36.2 Å². The van der Waals surface area contributed by atoms with E-state index in [0.29, 0.717) is 89.4 Å². The highest BCUT2D eigenvalue weighted by atomic mass is 35.7. The SMILES string of the molecule is O=S(=O)(Cl)c1ccc(-c2c3nc(c(-c4ccc(S(=O)(=O)Cl)cc4)c4ccc([nH]4)c(-c4ccc(S(=O)(=O)Cl)cc4)c4nc(c(-c5ccc(S(=O)(=O)Cl)cc5)c5ccc2[nH]5)C=C4)C=C3)cc1. The number of aromatic amines is 2. The summed E-state index contributed by atoms with van der Waals surface area (Å²) in [5.74, 6) is 0. The Bertz CT molecular complexity index is 3310. The zero-order valence-electron chi connectivity index (χ0n) is 32.2. The van der Waals surface area contributed by atoms with E-state index in [-0.39, 0.29) is 19.6 Å². The molecule has 0 radical (unpaired) electrons. The zero-order chi connectivity index (χ0) is 45.3. The van der Waals surface area contributed by atoms with Crippen LogP contribution in [-0.4, -0.2) is 53.6 Å². The minimum absolute atomic E-state index is 0.108. The summed E-state index contributed by atoms with van der Waals surface area (Å²) in [6.45, 7) is 0. The van der Waals surface area contributed by atoms with Crippen molar-refractivity contribution in [3.05, 3.63) is 144 Å². The van der Waals surface area contributed by atoms with E-state index in [0.717, 1.165) is 0 Å². The molecule has 0 spiro atoms. The van der Waals surface area contributed by atoms with Crippen LogP contribution >= 0.6 is 42.7 Å². The maximum absolute atomic E-state index is 12.3. The van der Waals surface area contributed by atoms with Crippen molar-refractivity contribution in [2.75, 3.05) is 0 Å². The highest BCUT2D eigenvalue weighted by Crippen LogP contribution is 2.39. The number of nitrogens with zero attached hydrogens (tertiary/aromatic N) is 2. The maximum atomic E-state index is 12.3. The smallest absolute Gasteiger partial charge is 0.261 e. The number of benzene rings is 4. The van der Waals surface area contributed by atoms with Crippen LogP contribution in [0.3, 0.4) is 0 Å². The van der Waals surface area contributed by atoms with Crippen LogP contribution in [0.4, 0.5) is 0 Å². The Kier molecular flexibility index (Phi) is 11.0. The van der Waals surface area contributed by atoms with Gasteiger partial charge in [-0.25, -0.2) is 43.6 Å². The van der Waals surface area contributed by atoms with E-state index in [4.69, 9.17) is 52.7 Å². The Morgan fingerprint density at radius 1 is 0.297 bits per heavy atom. The number of H-pyrrole nitrogens is 2. The molecule has 4 aromatic carbocycles. The van der Waals surface area contributed by atoms with Gasteiger partial charge in [0, 0.05) is 87.1 Å². The zero-order valence-corrected chi connectivity index (χ0v) is 38.5. The van der Waals surface area contributed by atoms with Crippen molar-refractivity contribution in [2.24, 2.45) is 0 Å². The summed E-state index contributed by atoms with van der Waals surface area (Å²) in [7, 11) is 6.54. The van der Waals surface area contributed by atoms with E-state index in [1.807, 2.05) is 24.3 Å². The molecule has 7 aromatic rings. The summed E-state index contributed by atoms with van der Waals surface area (Å²) >= 11 is 0. The first-order chi connectivity index (χ1) is 30.2. The molecule has 20 heteroatoms. The van der Waals surface area contributed by atoms with Gasteiger partial charge >= 0.3 is 0 Å². The molecule has 64 heavy (non-hydrogen) atoms. The Morgan fingerprint density at radius 3 is 0.656 bits per heavy atom. The lowest BCUT2D eigenvalue weighted by Crippen LogP contribution is -1.93. The van der Waals surface area contributed by atoms with Crippen molar-refractivity contribution in [1.82, 2.24) is 19.9 Å². The second-order valence-electron chi connectivity index (χ2n) is 14.4. The lowest BCUT2D eigenvalue weighted by molar-refractivity contribution is 0.608. The normalized spacial score (nSPS) is 13.1. The summed E-state index contributed by atoms with van der Waals surface area (Å²) in [5, 5.41) is 0. The first-order valence-corrected chi connectivity index (χ1v) is 27.8. The third-order valence-corrected chi connectivity index (χ3v) is 15.9. The summed E-state index contributed by atoms with van der Waals surface area (Å²) < 4.78 is 98.0. The summed E-state index contributed by atoms with van der Waals surface area (Å²) in [5.41, 5.74) is 8.64. The van der Waals surface area contributed by atoms with Crippen molar-refractivity contribution >= 4 is 125 Å². The standard InChI is InChI=1S/C44H26Cl4N4O8S4/c45-61(53,54)29-9-1-25(2-10-29)41-33-17-19-35(49-33)42(26-3-11-30(12-4-26)62(46,55)56)37-21-23-39(51-37)44(28-7-15-32(16-8-28)64(48,59)60)40-24-22-38(52-40)43(36-20-18-34(41)50-36)27-5-13-31(14-6-27)63(47,57)58/h1-24,49,52H. The van der Waals surface area contributed by atoms with Crippen LogP contribution in [0, 0.1) is 0 Å². The van der Waals surface area contributed by atoms with Crippen molar-refractivity contribution in [3.63, 3.8) is 0 Å². The van der Waals surface area contributed by atoms with Crippen molar-refractivity contribution in [2.45, 2.75) is 19.6 Å². The Hall–Kier alpha value is -5.56. The topological polar surface area (TPSA) is 194 Å². The summed E-state index contributed by atoms with van der Waals surface area (Å²) in [4.78, 5) is 16.8. The molecular formula is C44H26Cl4N4O8S4. The minimum Gasteiger partial charge on any atom is -0.354 e. The highest BCUT2D eigenvalue weighted by molar-refractivity contribution is 8.14.